The highest BCUT2D eigenvalue weighted by Gasteiger charge is 2.25. The van der Waals surface area contributed by atoms with E-state index in [1.807, 2.05) is 29.3 Å². The highest BCUT2D eigenvalue weighted by atomic mass is 16.5. The van der Waals surface area contributed by atoms with Crippen LogP contribution in [-0.4, -0.2) is 47.0 Å². The fraction of sp³-hybridized carbons (Fsp3) is 0.389. The fourth-order valence-corrected chi connectivity index (χ4v) is 3.26. The van der Waals surface area contributed by atoms with Gasteiger partial charge in [-0.2, -0.15) is 0 Å². The Bertz CT molecular complexity index is 729. The summed E-state index contributed by atoms with van der Waals surface area (Å²) in [5, 5.41) is 0. The summed E-state index contributed by atoms with van der Waals surface area (Å²) in [6, 6.07) is 5.72. The Kier molecular flexibility index (Phi) is 4.02. The fourth-order valence-electron chi connectivity index (χ4n) is 3.26. The number of likely N-dealkylation sites (tertiary alicyclic amines) is 1. The molecule has 0 aromatic carbocycles. The lowest BCUT2D eigenvalue weighted by Crippen LogP contribution is -2.36. The number of nitrogens with zero attached hydrogens (tertiary/aromatic N) is 4. The second-order valence-electron chi connectivity index (χ2n) is 6.11. The predicted octanol–water partition coefficient (Wildman–Crippen LogP) is 2.63. The van der Waals surface area contributed by atoms with E-state index < -0.39 is 0 Å². The average molecular weight is 324 g/mol. The van der Waals surface area contributed by atoms with Crippen molar-refractivity contribution in [2.75, 3.05) is 31.1 Å². The van der Waals surface area contributed by atoms with Crippen LogP contribution in [0, 0.1) is 0 Å². The number of pyridine rings is 2. The molecule has 0 spiro atoms. The van der Waals surface area contributed by atoms with Crippen LogP contribution in [0.3, 0.4) is 0 Å². The van der Waals surface area contributed by atoms with Gasteiger partial charge in [0.1, 0.15) is 6.61 Å². The van der Waals surface area contributed by atoms with Crippen molar-refractivity contribution in [3.8, 4) is 5.75 Å². The lowest BCUT2D eigenvalue weighted by molar-refractivity contribution is 0.0723. The average Bonchev–Trinajstić information content (AvgIpc) is 2.68. The second-order valence-corrected chi connectivity index (χ2v) is 6.11. The first-order valence-corrected chi connectivity index (χ1v) is 8.42. The smallest absolute Gasteiger partial charge is 0.255 e. The first kappa shape index (κ1) is 14.9. The Morgan fingerprint density at radius 2 is 2.00 bits per heavy atom. The molecule has 1 saturated heterocycles. The van der Waals surface area contributed by atoms with Crippen LogP contribution < -0.4 is 9.64 Å². The van der Waals surface area contributed by atoms with Crippen molar-refractivity contribution >= 4 is 17.4 Å². The summed E-state index contributed by atoms with van der Waals surface area (Å²) in [7, 11) is 0. The molecule has 0 saturated carbocycles. The van der Waals surface area contributed by atoms with E-state index in [1.54, 1.807) is 12.4 Å². The zero-order valence-corrected chi connectivity index (χ0v) is 13.5. The van der Waals surface area contributed by atoms with Crippen LogP contribution in [0.2, 0.25) is 0 Å². The number of carbonyl (C=O) groups is 1. The number of anilines is 2. The normalized spacial score (nSPS) is 17.2. The monoisotopic (exact) mass is 324 g/mol. The van der Waals surface area contributed by atoms with E-state index in [1.165, 1.54) is 6.42 Å². The summed E-state index contributed by atoms with van der Waals surface area (Å²) in [6.45, 7) is 2.94. The Morgan fingerprint density at radius 3 is 2.79 bits per heavy atom. The Morgan fingerprint density at radius 1 is 1.12 bits per heavy atom. The van der Waals surface area contributed by atoms with Crippen molar-refractivity contribution < 1.29 is 9.53 Å². The summed E-state index contributed by atoms with van der Waals surface area (Å²) < 4.78 is 5.76. The van der Waals surface area contributed by atoms with Crippen LogP contribution in [-0.2, 0) is 0 Å². The van der Waals surface area contributed by atoms with Crippen molar-refractivity contribution in [3.63, 3.8) is 0 Å². The third-order valence-electron chi connectivity index (χ3n) is 4.51. The number of amides is 1. The van der Waals surface area contributed by atoms with Gasteiger partial charge in [-0.3, -0.25) is 9.78 Å². The Balaban J connectivity index is 1.62. The van der Waals surface area contributed by atoms with Crippen molar-refractivity contribution in [2.24, 2.45) is 0 Å². The van der Waals surface area contributed by atoms with Gasteiger partial charge >= 0.3 is 0 Å². The minimum atomic E-state index is 0.0482. The van der Waals surface area contributed by atoms with Crippen LogP contribution in [0.15, 0.2) is 36.8 Å². The SMILES string of the molecule is O=C(c1cnc2c(c1)OCCN2c1cccnc1)N1CCCCC1. The van der Waals surface area contributed by atoms with Gasteiger partial charge < -0.3 is 14.5 Å². The van der Waals surface area contributed by atoms with Gasteiger partial charge in [-0.05, 0) is 37.5 Å². The van der Waals surface area contributed by atoms with Gasteiger partial charge in [0.25, 0.3) is 5.91 Å². The molecule has 6 nitrogen and oxygen atoms in total. The molecular formula is C18H20N4O2. The molecule has 2 aromatic heterocycles. The molecule has 2 aromatic rings. The Hall–Kier alpha value is -2.63. The van der Waals surface area contributed by atoms with Crippen molar-refractivity contribution in [3.05, 3.63) is 42.4 Å². The maximum atomic E-state index is 12.6. The van der Waals surface area contributed by atoms with Crippen LogP contribution >= 0.6 is 0 Å². The molecule has 2 aliphatic rings. The summed E-state index contributed by atoms with van der Waals surface area (Å²) in [5.41, 5.74) is 1.58. The molecule has 0 aliphatic carbocycles. The topological polar surface area (TPSA) is 58.6 Å². The van der Waals surface area contributed by atoms with E-state index in [0.29, 0.717) is 24.5 Å². The van der Waals surface area contributed by atoms with Gasteiger partial charge in [-0.1, -0.05) is 0 Å². The number of hydrogen-bond donors (Lipinski definition) is 0. The first-order chi connectivity index (χ1) is 11.8. The van der Waals surface area contributed by atoms with Gasteiger partial charge in [-0.15, -0.1) is 0 Å². The number of aromatic nitrogens is 2. The molecule has 0 atom stereocenters. The van der Waals surface area contributed by atoms with Crippen molar-refractivity contribution in [1.29, 1.82) is 0 Å². The van der Waals surface area contributed by atoms with E-state index in [0.717, 1.165) is 37.4 Å². The number of rotatable bonds is 2. The molecule has 1 amide bonds. The number of hydrogen-bond acceptors (Lipinski definition) is 5. The zero-order chi connectivity index (χ0) is 16.4. The largest absolute Gasteiger partial charge is 0.488 e. The van der Waals surface area contributed by atoms with Crippen LogP contribution in [0.1, 0.15) is 29.6 Å². The maximum absolute atomic E-state index is 12.6. The molecule has 24 heavy (non-hydrogen) atoms. The van der Waals surface area contributed by atoms with Gasteiger partial charge in [-0.25, -0.2) is 4.98 Å². The number of piperidine rings is 1. The van der Waals surface area contributed by atoms with E-state index in [2.05, 4.69) is 14.9 Å². The molecule has 6 heteroatoms. The van der Waals surface area contributed by atoms with Crippen LogP contribution in [0.25, 0.3) is 0 Å². The zero-order valence-electron chi connectivity index (χ0n) is 13.5. The van der Waals surface area contributed by atoms with Crippen molar-refractivity contribution in [1.82, 2.24) is 14.9 Å². The molecule has 1 fully saturated rings. The van der Waals surface area contributed by atoms with Gasteiger partial charge in [0.15, 0.2) is 11.6 Å². The van der Waals surface area contributed by atoms with Crippen LogP contribution in [0.5, 0.6) is 5.75 Å². The molecular weight excluding hydrogens is 304 g/mol. The maximum Gasteiger partial charge on any atom is 0.255 e. The molecule has 2 aliphatic heterocycles. The lowest BCUT2D eigenvalue weighted by atomic mass is 10.1. The summed E-state index contributed by atoms with van der Waals surface area (Å²) in [4.78, 5) is 25.3. The van der Waals surface area contributed by atoms with Crippen LogP contribution in [0.4, 0.5) is 11.5 Å². The molecule has 0 N–H and O–H groups in total. The summed E-state index contributed by atoms with van der Waals surface area (Å²) >= 11 is 0. The lowest BCUT2D eigenvalue weighted by Gasteiger charge is -2.31. The number of fused-ring (bicyclic) bond motifs is 1. The third kappa shape index (κ3) is 2.79. The number of carbonyl (C=O) groups excluding carboxylic acids is 1. The van der Waals surface area contributed by atoms with Gasteiger partial charge in [0.2, 0.25) is 0 Å². The second kappa shape index (κ2) is 6.47. The van der Waals surface area contributed by atoms with E-state index in [-0.39, 0.29) is 5.91 Å². The predicted molar refractivity (Wildman–Crippen MR) is 90.7 cm³/mol. The molecule has 4 heterocycles. The third-order valence-corrected chi connectivity index (χ3v) is 4.51. The highest BCUT2D eigenvalue weighted by molar-refractivity contribution is 5.95. The van der Waals surface area contributed by atoms with Gasteiger partial charge in [0, 0.05) is 25.5 Å². The molecule has 4 rings (SSSR count). The number of ether oxygens (including phenoxy) is 1. The standard InChI is InChI=1S/C18H20N4O2/c23-18(21-7-2-1-3-8-21)14-11-16-17(20-12-14)22(9-10-24-16)15-5-4-6-19-13-15/h4-6,11-13H,1-3,7-10H2. The molecule has 0 unspecified atom stereocenters. The minimum Gasteiger partial charge on any atom is -0.488 e. The van der Waals surface area contributed by atoms with E-state index >= 15 is 0 Å². The first-order valence-electron chi connectivity index (χ1n) is 8.42. The summed E-state index contributed by atoms with van der Waals surface area (Å²) in [6.07, 6.45) is 8.58. The Labute approximate surface area is 141 Å². The van der Waals surface area contributed by atoms with E-state index in [4.69, 9.17) is 4.74 Å². The molecule has 124 valence electrons. The quantitative estimate of drug-likeness (QED) is 0.850. The van der Waals surface area contributed by atoms with E-state index in [9.17, 15) is 4.79 Å². The van der Waals surface area contributed by atoms with Crippen molar-refractivity contribution in [2.45, 2.75) is 19.3 Å². The molecule has 0 radical (unpaired) electrons. The van der Waals surface area contributed by atoms with Gasteiger partial charge in [0.05, 0.1) is 24.0 Å². The minimum absolute atomic E-state index is 0.0482. The summed E-state index contributed by atoms with van der Waals surface area (Å²) in [5.74, 6) is 1.45. The highest BCUT2D eigenvalue weighted by Crippen LogP contribution is 2.35. The molecule has 0 bridgehead atoms.